The predicted molar refractivity (Wildman–Crippen MR) is 164 cm³/mol. The fourth-order valence-electron chi connectivity index (χ4n) is 10.2. The third-order valence-corrected chi connectivity index (χ3v) is 12.4. The molecule has 0 radical (unpaired) electrons. The summed E-state index contributed by atoms with van der Waals surface area (Å²) < 4.78 is 20.1. The zero-order valence-corrected chi connectivity index (χ0v) is 26.2. The maximum Gasteiger partial charge on any atom is 0.0637 e. The van der Waals surface area contributed by atoms with Crippen molar-refractivity contribution in [2.45, 2.75) is 116 Å². The van der Waals surface area contributed by atoms with Gasteiger partial charge < -0.3 is 37.1 Å². The molecule has 0 heterocycles. The Kier molecular flexibility index (Phi) is 12.2. The van der Waals surface area contributed by atoms with Crippen LogP contribution >= 0.6 is 0 Å². The Morgan fingerprint density at radius 1 is 0.725 bits per heavy atom. The monoisotopic (exact) mass is 564 g/mol. The van der Waals surface area contributed by atoms with E-state index in [1.165, 1.54) is 32.1 Å². The highest BCUT2D eigenvalue weighted by Gasteiger charge is 2.66. The maximum atomic E-state index is 6.92. The Morgan fingerprint density at radius 2 is 1.38 bits per heavy atom. The summed E-state index contributed by atoms with van der Waals surface area (Å²) >= 11 is 0. The SMILES string of the molecule is C[C@H](CCCN)C1CC[C@H]2C3[C@H](OCCCN)CC4C[C@H](OCCCN)CC[C@]4(C)[C@H]3C[C@H](OCCCN)C12C. The van der Waals surface area contributed by atoms with Crippen molar-refractivity contribution in [3.05, 3.63) is 0 Å². The Morgan fingerprint density at radius 3 is 2.05 bits per heavy atom. The lowest BCUT2D eigenvalue weighted by Gasteiger charge is -2.65. The van der Waals surface area contributed by atoms with Crippen LogP contribution in [0.1, 0.15) is 97.8 Å². The first-order valence-corrected chi connectivity index (χ1v) is 17.0. The van der Waals surface area contributed by atoms with E-state index in [0.717, 1.165) is 71.3 Å². The highest BCUT2D eigenvalue weighted by atomic mass is 16.5. The van der Waals surface area contributed by atoms with Crippen molar-refractivity contribution in [1.82, 2.24) is 0 Å². The van der Waals surface area contributed by atoms with E-state index in [9.17, 15) is 0 Å². The normalized spacial score (nSPS) is 41.8. The molecule has 234 valence electrons. The lowest BCUT2D eigenvalue weighted by atomic mass is 9.43. The van der Waals surface area contributed by atoms with Gasteiger partial charge in [0.2, 0.25) is 0 Å². The van der Waals surface area contributed by atoms with Crippen LogP contribution in [-0.2, 0) is 14.2 Å². The molecule has 0 amide bonds. The van der Waals surface area contributed by atoms with E-state index in [1.807, 2.05) is 0 Å². The van der Waals surface area contributed by atoms with Gasteiger partial charge in [0.15, 0.2) is 0 Å². The summed E-state index contributed by atoms with van der Waals surface area (Å²) in [7, 11) is 0. The molecule has 4 saturated carbocycles. The average molecular weight is 565 g/mol. The van der Waals surface area contributed by atoms with Crippen LogP contribution in [0.4, 0.5) is 0 Å². The van der Waals surface area contributed by atoms with Gasteiger partial charge in [0.1, 0.15) is 0 Å². The Labute approximate surface area is 245 Å². The second-order valence-electron chi connectivity index (χ2n) is 14.4. The fraction of sp³-hybridized carbons (Fsp3) is 1.00. The van der Waals surface area contributed by atoms with Gasteiger partial charge >= 0.3 is 0 Å². The van der Waals surface area contributed by atoms with Crippen molar-refractivity contribution in [2.75, 3.05) is 46.0 Å². The molecule has 4 aliphatic carbocycles. The highest BCUT2D eigenvalue weighted by Crippen LogP contribution is 2.69. The van der Waals surface area contributed by atoms with E-state index < -0.39 is 0 Å². The van der Waals surface area contributed by atoms with Crippen LogP contribution < -0.4 is 22.9 Å². The van der Waals surface area contributed by atoms with Crippen molar-refractivity contribution in [1.29, 1.82) is 0 Å². The Bertz CT molecular complexity index is 757. The molecule has 4 rings (SSSR count). The topological polar surface area (TPSA) is 132 Å². The van der Waals surface area contributed by atoms with Crippen LogP contribution in [0.15, 0.2) is 0 Å². The van der Waals surface area contributed by atoms with Crippen molar-refractivity contribution >= 4 is 0 Å². The van der Waals surface area contributed by atoms with Crippen LogP contribution in [0.25, 0.3) is 0 Å². The molecular formula is C33H64N4O3. The smallest absolute Gasteiger partial charge is 0.0637 e. The summed E-state index contributed by atoms with van der Waals surface area (Å²) in [5.41, 5.74) is 24.0. The molecule has 7 heteroatoms. The summed E-state index contributed by atoms with van der Waals surface area (Å²) in [4.78, 5) is 0. The van der Waals surface area contributed by atoms with Gasteiger partial charge in [-0.1, -0.05) is 20.8 Å². The van der Waals surface area contributed by atoms with Gasteiger partial charge in [0.05, 0.1) is 18.3 Å². The quantitative estimate of drug-likeness (QED) is 0.204. The predicted octanol–water partition coefficient (Wildman–Crippen LogP) is 4.44. The molecule has 4 aliphatic rings. The summed E-state index contributed by atoms with van der Waals surface area (Å²) in [6, 6.07) is 0. The number of hydrogen-bond acceptors (Lipinski definition) is 7. The molecule has 0 bridgehead atoms. The lowest BCUT2D eigenvalue weighted by molar-refractivity contribution is -0.227. The van der Waals surface area contributed by atoms with E-state index in [2.05, 4.69) is 20.8 Å². The molecule has 4 unspecified atom stereocenters. The fourth-order valence-corrected chi connectivity index (χ4v) is 10.2. The zero-order chi connectivity index (χ0) is 28.8. The minimum Gasteiger partial charge on any atom is -0.378 e. The molecule has 0 spiro atoms. The van der Waals surface area contributed by atoms with Crippen LogP contribution in [0.2, 0.25) is 0 Å². The summed E-state index contributed by atoms with van der Waals surface area (Å²) in [6.45, 7) is 12.9. The molecule has 7 nitrogen and oxygen atoms in total. The van der Waals surface area contributed by atoms with Crippen LogP contribution in [0.3, 0.4) is 0 Å². The lowest BCUT2D eigenvalue weighted by Crippen LogP contribution is -2.63. The second-order valence-corrected chi connectivity index (χ2v) is 14.4. The summed E-state index contributed by atoms with van der Waals surface area (Å²) in [5.74, 6) is 3.83. The Balaban J connectivity index is 1.64. The number of nitrogens with two attached hydrogens (primary N) is 4. The Hall–Kier alpha value is -0.280. The number of ether oxygens (including phenoxy) is 3. The number of fused-ring (bicyclic) bond motifs is 5. The third-order valence-electron chi connectivity index (χ3n) is 12.4. The maximum absolute atomic E-state index is 6.92. The van der Waals surface area contributed by atoms with Gasteiger partial charge in [-0.25, -0.2) is 0 Å². The minimum absolute atomic E-state index is 0.172. The van der Waals surface area contributed by atoms with Crippen molar-refractivity contribution in [2.24, 2.45) is 69.3 Å². The number of hydrogen-bond donors (Lipinski definition) is 4. The van der Waals surface area contributed by atoms with Crippen LogP contribution in [0.5, 0.6) is 0 Å². The molecule has 4 fully saturated rings. The first-order valence-electron chi connectivity index (χ1n) is 17.0. The van der Waals surface area contributed by atoms with Gasteiger partial charge in [-0.15, -0.1) is 0 Å². The van der Waals surface area contributed by atoms with Crippen molar-refractivity contribution in [3.8, 4) is 0 Å². The number of rotatable bonds is 16. The van der Waals surface area contributed by atoms with Gasteiger partial charge in [0, 0.05) is 25.2 Å². The zero-order valence-electron chi connectivity index (χ0n) is 26.2. The van der Waals surface area contributed by atoms with Crippen LogP contribution in [-0.4, -0.2) is 64.3 Å². The van der Waals surface area contributed by atoms with E-state index in [4.69, 9.17) is 37.1 Å². The van der Waals surface area contributed by atoms with Crippen molar-refractivity contribution < 1.29 is 14.2 Å². The molecule has 11 atom stereocenters. The van der Waals surface area contributed by atoms with Crippen molar-refractivity contribution in [3.63, 3.8) is 0 Å². The molecule has 0 aromatic heterocycles. The van der Waals surface area contributed by atoms with E-state index in [-0.39, 0.29) is 11.5 Å². The van der Waals surface area contributed by atoms with Gasteiger partial charge in [-0.3, -0.25) is 0 Å². The molecule has 0 aromatic carbocycles. The first-order chi connectivity index (χ1) is 19.3. The first kappa shape index (κ1) is 32.6. The standard InChI is InChI=1S/C33H64N4O3/c1-23(8-4-13-34)26-9-10-27-31-28(22-30(33(26,27)3)40-19-7-16-37)32(2)12-11-25(38-17-5-14-35)20-24(32)21-29(31)39-18-6-15-36/h23-31H,4-22,34-37H2,1-3H3/t23-,24?,25-,26?,27+,28+,29-,30+,31?,32+,33?/m1/s1. The summed E-state index contributed by atoms with van der Waals surface area (Å²) in [5, 5.41) is 0. The van der Waals surface area contributed by atoms with E-state index in [1.54, 1.807) is 0 Å². The highest BCUT2D eigenvalue weighted by molar-refractivity contribution is 5.15. The van der Waals surface area contributed by atoms with E-state index >= 15 is 0 Å². The van der Waals surface area contributed by atoms with Gasteiger partial charge in [-0.05, 0) is 144 Å². The van der Waals surface area contributed by atoms with Gasteiger partial charge in [0.25, 0.3) is 0 Å². The molecule has 8 N–H and O–H groups in total. The summed E-state index contributed by atoms with van der Waals surface area (Å²) in [6.07, 6.45) is 14.6. The van der Waals surface area contributed by atoms with E-state index in [0.29, 0.717) is 72.8 Å². The molecule has 0 saturated heterocycles. The molecule has 0 aromatic rings. The average Bonchev–Trinajstić information content (AvgIpc) is 3.31. The molecular weight excluding hydrogens is 500 g/mol. The molecule has 0 aliphatic heterocycles. The van der Waals surface area contributed by atoms with Crippen LogP contribution in [0, 0.1) is 46.3 Å². The third kappa shape index (κ3) is 6.61. The minimum atomic E-state index is 0.172. The largest absolute Gasteiger partial charge is 0.378 e. The molecule has 40 heavy (non-hydrogen) atoms. The second kappa shape index (κ2) is 14.9. The van der Waals surface area contributed by atoms with Gasteiger partial charge in [-0.2, -0.15) is 0 Å².